The molecule has 0 bridgehead atoms. The second kappa shape index (κ2) is 4.70. The van der Waals surface area contributed by atoms with E-state index in [4.69, 9.17) is 23.2 Å². The number of hydrogen-bond acceptors (Lipinski definition) is 3. The van der Waals surface area contributed by atoms with Crippen LogP contribution in [0.15, 0.2) is 24.4 Å². The van der Waals surface area contributed by atoms with E-state index in [9.17, 15) is 13.2 Å². The third kappa shape index (κ3) is 2.54. The molecule has 2 rings (SSSR count). The number of hydrogen-bond donors (Lipinski definition) is 0. The minimum atomic E-state index is -4.70. The summed E-state index contributed by atoms with van der Waals surface area (Å²) in [4.78, 5) is 11.0. The van der Waals surface area contributed by atoms with Crippen LogP contribution in [0.4, 0.5) is 13.2 Å². The van der Waals surface area contributed by atoms with Gasteiger partial charge in [-0.25, -0.2) is 9.97 Å². The van der Waals surface area contributed by atoms with E-state index in [0.29, 0.717) is 0 Å². The molecule has 8 heteroatoms. The van der Waals surface area contributed by atoms with E-state index in [1.165, 1.54) is 12.3 Å². The van der Waals surface area contributed by atoms with E-state index < -0.39 is 22.0 Å². The fourth-order valence-electron chi connectivity index (χ4n) is 1.25. The average molecular weight is 294 g/mol. The van der Waals surface area contributed by atoms with Gasteiger partial charge in [-0.2, -0.15) is 13.2 Å². The van der Waals surface area contributed by atoms with Crippen LogP contribution in [0.3, 0.4) is 0 Å². The van der Waals surface area contributed by atoms with Gasteiger partial charge in [0, 0.05) is 6.20 Å². The normalized spacial score (nSPS) is 11.6. The van der Waals surface area contributed by atoms with E-state index >= 15 is 0 Å². The van der Waals surface area contributed by atoms with E-state index in [1.807, 2.05) is 0 Å². The minimum absolute atomic E-state index is 0.0569. The minimum Gasteiger partial charge on any atom is -0.253 e. The van der Waals surface area contributed by atoms with Crippen molar-refractivity contribution >= 4 is 23.2 Å². The van der Waals surface area contributed by atoms with Crippen LogP contribution in [0.2, 0.25) is 10.3 Å². The predicted octanol–water partition coefficient (Wildman–Crippen LogP) is 3.86. The monoisotopic (exact) mass is 293 g/mol. The summed E-state index contributed by atoms with van der Waals surface area (Å²) >= 11 is 11.0. The van der Waals surface area contributed by atoms with Gasteiger partial charge in [0.2, 0.25) is 0 Å². The Hall–Kier alpha value is -1.40. The van der Waals surface area contributed by atoms with Crippen molar-refractivity contribution in [1.82, 2.24) is 15.0 Å². The summed E-state index contributed by atoms with van der Waals surface area (Å²) in [6.07, 6.45) is -3.24. The first kappa shape index (κ1) is 13.0. The summed E-state index contributed by atoms with van der Waals surface area (Å²) in [7, 11) is 0. The summed E-state index contributed by atoms with van der Waals surface area (Å²) in [5.74, 6) is -0.0569. The van der Waals surface area contributed by atoms with Gasteiger partial charge >= 0.3 is 6.18 Å². The zero-order valence-corrected chi connectivity index (χ0v) is 10.1. The Kier molecular flexibility index (Phi) is 3.41. The molecule has 18 heavy (non-hydrogen) atoms. The third-order valence-electron chi connectivity index (χ3n) is 2.00. The largest absolute Gasteiger partial charge is 0.422 e. The van der Waals surface area contributed by atoms with E-state index in [1.54, 1.807) is 12.1 Å². The van der Waals surface area contributed by atoms with Crippen molar-refractivity contribution in [3.05, 3.63) is 40.3 Å². The Morgan fingerprint density at radius 1 is 1.00 bits per heavy atom. The summed E-state index contributed by atoms with van der Waals surface area (Å²) in [6, 6.07) is 4.83. The zero-order valence-electron chi connectivity index (χ0n) is 8.54. The van der Waals surface area contributed by atoms with Crippen molar-refractivity contribution in [2.75, 3.05) is 0 Å². The van der Waals surface area contributed by atoms with Crippen LogP contribution >= 0.6 is 23.2 Å². The summed E-state index contributed by atoms with van der Waals surface area (Å²) < 4.78 is 37.7. The number of halogens is 5. The van der Waals surface area contributed by atoms with E-state index in [-0.39, 0.29) is 11.5 Å². The molecule has 0 amide bonds. The molecule has 0 spiro atoms. The van der Waals surface area contributed by atoms with Gasteiger partial charge in [0.15, 0.2) is 5.82 Å². The highest BCUT2D eigenvalue weighted by Gasteiger charge is 2.38. The molecular weight excluding hydrogens is 290 g/mol. The van der Waals surface area contributed by atoms with Crippen molar-refractivity contribution < 1.29 is 13.2 Å². The van der Waals surface area contributed by atoms with Crippen molar-refractivity contribution in [2.24, 2.45) is 0 Å². The summed E-state index contributed by atoms with van der Waals surface area (Å²) in [6.45, 7) is 0. The van der Waals surface area contributed by atoms with Gasteiger partial charge in [0.25, 0.3) is 0 Å². The number of pyridine rings is 1. The molecule has 0 saturated heterocycles. The van der Waals surface area contributed by atoms with Crippen molar-refractivity contribution in [2.45, 2.75) is 6.18 Å². The standard InChI is InChI=1S/C10H4Cl2F3N3/c11-7-6(10(13,14)15)8(12)18-9(17-7)5-3-1-2-4-16-5/h1-4H. The van der Waals surface area contributed by atoms with Crippen molar-refractivity contribution in [3.63, 3.8) is 0 Å². The second-order valence-electron chi connectivity index (χ2n) is 3.22. The molecule has 0 aliphatic rings. The summed E-state index contributed by atoms with van der Waals surface area (Å²) in [5.41, 5.74) is -0.958. The fourth-order valence-corrected chi connectivity index (χ4v) is 1.85. The van der Waals surface area contributed by atoms with Gasteiger partial charge in [-0.15, -0.1) is 0 Å². The maximum absolute atomic E-state index is 12.6. The van der Waals surface area contributed by atoms with Crippen LogP contribution in [0.1, 0.15) is 5.56 Å². The predicted molar refractivity (Wildman–Crippen MR) is 60.3 cm³/mol. The zero-order chi connectivity index (χ0) is 13.3. The number of rotatable bonds is 1. The van der Waals surface area contributed by atoms with Crippen LogP contribution in [-0.4, -0.2) is 15.0 Å². The lowest BCUT2D eigenvalue weighted by molar-refractivity contribution is -0.137. The lowest BCUT2D eigenvalue weighted by Crippen LogP contribution is -2.10. The Morgan fingerprint density at radius 2 is 1.61 bits per heavy atom. The molecule has 0 aromatic carbocycles. The molecule has 0 radical (unpaired) electrons. The molecule has 0 aliphatic carbocycles. The molecule has 0 fully saturated rings. The molecule has 0 atom stereocenters. The molecule has 0 unspecified atom stereocenters. The number of nitrogens with zero attached hydrogens (tertiary/aromatic N) is 3. The highest BCUT2D eigenvalue weighted by molar-refractivity contribution is 6.34. The first-order valence-electron chi connectivity index (χ1n) is 4.61. The SMILES string of the molecule is FC(F)(F)c1c(Cl)nc(-c2ccccn2)nc1Cl. The quantitative estimate of drug-likeness (QED) is 0.749. The Morgan fingerprint density at radius 3 is 2.06 bits per heavy atom. The van der Waals surface area contributed by atoms with Gasteiger partial charge in [0.1, 0.15) is 21.6 Å². The van der Waals surface area contributed by atoms with Crippen LogP contribution < -0.4 is 0 Å². The Balaban J connectivity index is 2.57. The molecule has 2 aromatic heterocycles. The molecule has 2 heterocycles. The molecule has 94 valence electrons. The molecule has 0 aliphatic heterocycles. The Bertz CT molecular complexity index is 549. The third-order valence-corrected chi connectivity index (χ3v) is 2.55. The second-order valence-corrected chi connectivity index (χ2v) is 3.93. The van der Waals surface area contributed by atoms with Crippen LogP contribution in [0.5, 0.6) is 0 Å². The maximum atomic E-state index is 12.6. The molecule has 0 saturated carbocycles. The molecule has 3 nitrogen and oxygen atoms in total. The van der Waals surface area contributed by atoms with Gasteiger partial charge in [-0.3, -0.25) is 4.98 Å². The van der Waals surface area contributed by atoms with E-state index in [0.717, 1.165) is 0 Å². The fraction of sp³-hybridized carbons (Fsp3) is 0.100. The maximum Gasteiger partial charge on any atom is 0.422 e. The molecule has 2 aromatic rings. The topological polar surface area (TPSA) is 38.7 Å². The molecular formula is C10H4Cl2F3N3. The van der Waals surface area contributed by atoms with Crippen molar-refractivity contribution in [3.8, 4) is 11.5 Å². The highest BCUT2D eigenvalue weighted by atomic mass is 35.5. The first-order valence-corrected chi connectivity index (χ1v) is 5.37. The molecule has 0 N–H and O–H groups in total. The van der Waals surface area contributed by atoms with Gasteiger partial charge in [-0.05, 0) is 12.1 Å². The smallest absolute Gasteiger partial charge is 0.253 e. The number of aromatic nitrogens is 3. The van der Waals surface area contributed by atoms with Crippen LogP contribution in [0.25, 0.3) is 11.5 Å². The van der Waals surface area contributed by atoms with Crippen molar-refractivity contribution in [1.29, 1.82) is 0 Å². The summed E-state index contributed by atoms with van der Waals surface area (Å²) in [5, 5.41) is -1.49. The Labute approximate surface area is 110 Å². The first-order chi connectivity index (χ1) is 8.39. The highest BCUT2D eigenvalue weighted by Crippen LogP contribution is 2.38. The average Bonchev–Trinajstić information content (AvgIpc) is 2.27. The lowest BCUT2D eigenvalue weighted by Gasteiger charge is -2.10. The van der Waals surface area contributed by atoms with Gasteiger partial charge < -0.3 is 0 Å². The number of alkyl halides is 3. The van der Waals surface area contributed by atoms with Gasteiger partial charge in [-0.1, -0.05) is 29.3 Å². The van der Waals surface area contributed by atoms with Crippen LogP contribution in [-0.2, 0) is 6.18 Å². The van der Waals surface area contributed by atoms with E-state index in [2.05, 4.69) is 15.0 Å². The lowest BCUT2D eigenvalue weighted by atomic mass is 10.3. The van der Waals surface area contributed by atoms with Gasteiger partial charge in [0.05, 0.1) is 0 Å². The van der Waals surface area contributed by atoms with Crippen LogP contribution in [0, 0.1) is 0 Å².